The van der Waals surface area contributed by atoms with Crippen LogP contribution in [0.25, 0.3) is 0 Å². The first-order chi connectivity index (χ1) is 12.4. The van der Waals surface area contributed by atoms with E-state index in [4.69, 9.17) is 0 Å². The lowest BCUT2D eigenvalue weighted by molar-refractivity contribution is -0.146. The average Bonchev–Trinajstić information content (AvgIpc) is 2.91. The van der Waals surface area contributed by atoms with Gasteiger partial charge < -0.3 is 5.32 Å². The van der Waals surface area contributed by atoms with Crippen molar-refractivity contribution in [3.8, 4) is 0 Å². The van der Waals surface area contributed by atoms with Gasteiger partial charge in [-0.05, 0) is 57.1 Å². The van der Waals surface area contributed by atoms with Gasteiger partial charge in [-0.1, -0.05) is 29.8 Å². The summed E-state index contributed by atoms with van der Waals surface area (Å²) >= 11 is 0. The lowest BCUT2D eigenvalue weighted by atomic mass is 9.63. The monoisotopic (exact) mass is 352 g/mol. The predicted molar refractivity (Wildman–Crippen MR) is 98.2 cm³/mol. The second-order valence-electron chi connectivity index (χ2n) is 7.87. The fourth-order valence-electron chi connectivity index (χ4n) is 4.79. The van der Waals surface area contributed by atoms with Gasteiger partial charge in [0.05, 0.1) is 11.8 Å². The highest BCUT2D eigenvalue weighted by Gasteiger charge is 2.58. The molecule has 5 heteroatoms. The summed E-state index contributed by atoms with van der Waals surface area (Å²) < 4.78 is 0. The summed E-state index contributed by atoms with van der Waals surface area (Å²) in [6, 6.07) is 4.97. The molecule has 1 aromatic rings. The quantitative estimate of drug-likeness (QED) is 0.672. The molecule has 1 heterocycles. The number of amides is 3. The van der Waals surface area contributed by atoms with Crippen LogP contribution in [0, 0.1) is 37.5 Å². The van der Waals surface area contributed by atoms with Crippen LogP contribution in [0.2, 0.25) is 0 Å². The van der Waals surface area contributed by atoms with Gasteiger partial charge >= 0.3 is 0 Å². The fourth-order valence-corrected chi connectivity index (χ4v) is 4.79. The first kappa shape index (κ1) is 17.0. The SMILES string of the molecule is Cc1ccc(NC(=O)[C@@H](C)N2C(=O)[C@@H]3[C@H](C2=O)[C@H]2C=C[C@H]3CC2)c(C)c1. The van der Waals surface area contributed by atoms with Gasteiger partial charge in [-0.2, -0.15) is 0 Å². The number of hydrogen-bond acceptors (Lipinski definition) is 3. The van der Waals surface area contributed by atoms with Crippen LogP contribution in [0.1, 0.15) is 30.9 Å². The lowest BCUT2D eigenvalue weighted by Gasteiger charge is -2.38. The number of allylic oxidation sites excluding steroid dienone is 2. The molecule has 5 atom stereocenters. The predicted octanol–water partition coefficient (Wildman–Crippen LogP) is 2.83. The standard InChI is InChI=1S/C21H24N2O3/c1-11-4-9-16(12(2)10-11)22-19(24)13(3)23-20(25)17-14-5-6-15(8-7-14)18(17)21(23)26/h4-6,9-10,13-15,17-18H,7-8H2,1-3H3,(H,22,24)/t13-,14+,15+,17-,18+/m1/s1. The van der Waals surface area contributed by atoms with Gasteiger partial charge in [0.2, 0.25) is 17.7 Å². The van der Waals surface area contributed by atoms with E-state index in [1.54, 1.807) is 6.92 Å². The number of nitrogens with one attached hydrogen (secondary N) is 1. The van der Waals surface area contributed by atoms with Crippen LogP contribution in [0.5, 0.6) is 0 Å². The van der Waals surface area contributed by atoms with E-state index in [2.05, 4.69) is 17.5 Å². The fraction of sp³-hybridized carbons (Fsp3) is 0.476. The van der Waals surface area contributed by atoms with E-state index >= 15 is 0 Å². The van der Waals surface area contributed by atoms with Crippen molar-refractivity contribution < 1.29 is 14.4 Å². The molecule has 2 fully saturated rings. The number of anilines is 1. The first-order valence-electron chi connectivity index (χ1n) is 9.32. The summed E-state index contributed by atoms with van der Waals surface area (Å²) in [4.78, 5) is 39.8. The zero-order valence-electron chi connectivity index (χ0n) is 15.4. The Hall–Kier alpha value is -2.43. The number of benzene rings is 1. The molecular weight excluding hydrogens is 328 g/mol. The van der Waals surface area contributed by atoms with Crippen LogP contribution in [0.4, 0.5) is 5.69 Å². The molecule has 3 aliphatic carbocycles. The van der Waals surface area contributed by atoms with E-state index in [0.717, 1.165) is 24.0 Å². The average molecular weight is 352 g/mol. The summed E-state index contributed by atoms with van der Waals surface area (Å²) in [5.74, 6) is -0.949. The molecule has 5 rings (SSSR count). The van der Waals surface area contributed by atoms with Gasteiger partial charge in [0.25, 0.3) is 0 Å². The highest BCUT2D eigenvalue weighted by Crippen LogP contribution is 2.49. The first-order valence-corrected chi connectivity index (χ1v) is 9.32. The smallest absolute Gasteiger partial charge is 0.247 e. The maximum Gasteiger partial charge on any atom is 0.247 e. The molecule has 1 aromatic carbocycles. The summed E-state index contributed by atoms with van der Waals surface area (Å²) in [6.45, 7) is 5.56. The number of rotatable bonds is 3. The van der Waals surface area contributed by atoms with Gasteiger partial charge in [-0.25, -0.2) is 0 Å². The number of aryl methyl sites for hydroxylation is 2. The normalized spacial score (nSPS) is 30.5. The number of hydrogen-bond donors (Lipinski definition) is 1. The van der Waals surface area contributed by atoms with Crippen LogP contribution >= 0.6 is 0 Å². The summed E-state index contributed by atoms with van der Waals surface area (Å²) in [6.07, 6.45) is 6.09. The molecule has 0 aromatic heterocycles. The highest BCUT2D eigenvalue weighted by molar-refractivity contribution is 6.10. The lowest BCUT2D eigenvalue weighted by Crippen LogP contribution is -2.46. The van der Waals surface area contributed by atoms with Gasteiger partial charge in [0, 0.05) is 5.69 Å². The molecule has 1 N–H and O–H groups in total. The van der Waals surface area contributed by atoms with E-state index in [9.17, 15) is 14.4 Å². The van der Waals surface area contributed by atoms with Gasteiger partial charge in [0.15, 0.2) is 0 Å². The van der Waals surface area contributed by atoms with Crippen LogP contribution in [0.3, 0.4) is 0 Å². The Labute approximate surface area is 153 Å². The second-order valence-corrected chi connectivity index (χ2v) is 7.87. The van der Waals surface area contributed by atoms with Crippen molar-refractivity contribution in [3.63, 3.8) is 0 Å². The number of fused-ring (bicyclic) bond motifs is 1. The molecule has 136 valence electrons. The zero-order chi connectivity index (χ0) is 18.6. The minimum absolute atomic E-state index is 0.140. The summed E-state index contributed by atoms with van der Waals surface area (Å²) in [5, 5.41) is 2.87. The van der Waals surface area contributed by atoms with Crippen molar-refractivity contribution in [2.45, 2.75) is 39.7 Å². The molecule has 1 saturated heterocycles. The Balaban J connectivity index is 1.54. The second kappa shape index (κ2) is 6.08. The molecule has 5 nitrogen and oxygen atoms in total. The zero-order valence-corrected chi connectivity index (χ0v) is 15.4. The van der Waals surface area contributed by atoms with Crippen LogP contribution in [-0.2, 0) is 14.4 Å². The number of likely N-dealkylation sites (tertiary alicyclic amines) is 1. The van der Waals surface area contributed by atoms with Crippen molar-refractivity contribution in [2.75, 3.05) is 5.32 Å². The number of carbonyl (C=O) groups excluding carboxylic acids is 3. The van der Waals surface area contributed by atoms with Crippen LogP contribution in [-0.4, -0.2) is 28.7 Å². The topological polar surface area (TPSA) is 66.5 Å². The van der Waals surface area contributed by atoms with Gasteiger partial charge in [0.1, 0.15) is 6.04 Å². The molecule has 1 saturated carbocycles. The molecule has 0 unspecified atom stereocenters. The Bertz CT molecular complexity index is 797. The molecule has 26 heavy (non-hydrogen) atoms. The van der Waals surface area contributed by atoms with Crippen molar-refractivity contribution in [1.82, 2.24) is 4.90 Å². The van der Waals surface area contributed by atoms with Crippen LogP contribution < -0.4 is 5.32 Å². The van der Waals surface area contributed by atoms with Crippen molar-refractivity contribution in [1.29, 1.82) is 0 Å². The third kappa shape index (κ3) is 2.49. The molecule has 1 aliphatic heterocycles. The molecule has 3 amide bonds. The van der Waals surface area contributed by atoms with E-state index < -0.39 is 6.04 Å². The van der Waals surface area contributed by atoms with Crippen molar-refractivity contribution in [3.05, 3.63) is 41.5 Å². The Morgan fingerprint density at radius 2 is 1.65 bits per heavy atom. The largest absolute Gasteiger partial charge is 0.324 e. The molecule has 4 aliphatic rings. The van der Waals surface area contributed by atoms with E-state index in [0.29, 0.717) is 5.69 Å². The van der Waals surface area contributed by atoms with E-state index in [1.807, 2.05) is 32.0 Å². The van der Waals surface area contributed by atoms with Crippen molar-refractivity contribution in [2.24, 2.45) is 23.7 Å². The number of carbonyl (C=O) groups is 3. The maximum absolute atomic E-state index is 12.9. The summed E-state index contributed by atoms with van der Waals surface area (Å²) in [5.41, 5.74) is 2.79. The van der Waals surface area contributed by atoms with Gasteiger partial charge in [-0.15, -0.1) is 0 Å². The Morgan fingerprint density at radius 1 is 1.08 bits per heavy atom. The van der Waals surface area contributed by atoms with E-state index in [-0.39, 0.29) is 41.4 Å². The summed E-state index contributed by atoms with van der Waals surface area (Å²) in [7, 11) is 0. The maximum atomic E-state index is 12.9. The Morgan fingerprint density at radius 3 is 2.15 bits per heavy atom. The minimum atomic E-state index is -0.805. The number of nitrogens with zero attached hydrogens (tertiary/aromatic N) is 1. The number of imide groups is 1. The van der Waals surface area contributed by atoms with Crippen LogP contribution in [0.15, 0.2) is 30.4 Å². The molecular formula is C21H24N2O3. The minimum Gasteiger partial charge on any atom is -0.324 e. The van der Waals surface area contributed by atoms with E-state index in [1.165, 1.54) is 4.90 Å². The molecule has 2 bridgehead atoms. The van der Waals surface area contributed by atoms with Gasteiger partial charge in [-0.3, -0.25) is 19.3 Å². The third-order valence-electron chi connectivity index (χ3n) is 6.20. The highest BCUT2D eigenvalue weighted by atomic mass is 16.2. The van der Waals surface area contributed by atoms with Crippen molar-refractivity contribution >= 4 is 23.4 Å². The Kier molecular flexibility index (Phi) is 3.98. The molecule has 0 spiro atoms. The molecule has 0 radical (unpaired) electrons. The third-order valence-corrected chi connectivity index (χ3v) is 6.20.